The van der Waals surface area contributed by atoms with E-state index in [0.29, 0.717) is 17.7 Å². The van der Waals surface area contributed by atoms with Gasteiger partial charge in [-0.3, -0.25) is 4.68 Å². The SMILES string of the molecule is CCC(C)n1nc(C(C)(C)C)c(O)c1CC(C)C. The van der Waals surface area contributed by atoms with Crippen LogP contribution in [0.5, 0.6) is 5.75 Å². The van der Waals surface area contributed by atoms with Gasteiger partial charge in [0.2, 0.25) is 0 Å². The maximum Gasteiger partial charge on any atom is 0.160 e. The molecule has 0 spiro atoms. The van der Waals surface area contributed by atoms with E-state index < -0.39 is 0 Å². The highest BCUT2D eigenvalue weighted by molar-refractivity contribution is 5.37. The van der Waals surface area contributed by atoms with Crippen LogP contribution in [0.4, 0.5) is 0 Å². The molecule has 1 atom stereocenters. The van der Waals surface area contributed by atoms with E-state index >= 15 is 0 Å². The highest BCUT2D eigenvalue weighted by Crippen LogP contribution is 2.35. The molecule has 0 aliphatic rings. The third kappa shape index (κ3) is 3.06. The third-order valence-corrected chi connectivity index (χ3v) is 3.30. The third-order valence-electron chi connectivity index (χ3n) is 3.30. The summed E-state index contributed by atoms with van der Waals surface area (Å²) in [5, 5.41) is 15.1. The lowest BCUT2D eigenvalue weighted by Crippen LogP contribution is -2.15. The summed E-state index contributed by atoms with van der Waals surface area (Å²) in [4.78, 5) is 0. The number of nitrogens with zero attached hydrogens (tertiary/aromatic N) is 2. The number of hydrogen-bond donors (Lipinski definition) is 1. The van der Waals surface area contributed by atoms with Crippen molar-refractivity contribution in [2.45, 2.75) is 72.8 Å². The summed E-state index contributed by atoms with van der Waals surface area (Å²) < 4.78 is 2.02. The highest BCUT2D eigenvalue weighted by atomic mass is 16.3. The van der Waals surface area contributed by atoms with Crippen molar-refractivity contribution in [3.63, 3.8) is 0 Å². The van der Waals surface area contributed by atoms with Crippen molar-refractivity contribution in [1.82, 2.24) is 9.78 Å². The molecule has 1 heterocycles. The minimum atomic E-state index is -0.117. The van der Waals surface area contributed by atoms with Gasteiger partial charge in [-0.2, -0.15) is 5.10 Å². The Morgan fingerprint density at radius 3 is 2.17 bits per heavy atom. The Bertz CT molecular complexity index is 399. The molecule has 0 aliphatic heterocycles. The van der Waals surface area contributed by atoms with E-state index in [1.54, 1.807) is 0 Å². The molecule has 1 aromatic heterocycles. The van der Waals surface area contributed by atoms with Gasteiger partial charge in [-0.05, 0) is 25.7 Å². The molecule has 3 heteroatoms. The van der Waals surface area contributed by atoms with Crippen molar-refractivity contribution >= 4 is 0 Å². The van der Waals surface area contributed by atoms with E-state index in [4.69, 9.17) is 0 Å². The van der Waals surface area contributed by atoms with Crippen molar-refractivity contribution in [3.05, 3.63) is 11.4 Å². The van der Waals surface area contributed by atoms with Crippen molar-refractivity contribution in [3.8, 4) is 5.75 Å². The normalized spacial score (nSPS) is 14.2. The molecule has 0 aromatic carbocycles. The molecule has 0 aliphatic carbocycles. The molecule has 0 saturated heterocycles. The highest BCUT2D eigenvalue weighted by Gasteiger charge is 2.27. The summed E-state index contributed by atoms with van der Waals surface area (Å²) in [7, 11) is 0. The Morgan fingerprint density at radius 2 is 1.78 bits per heavy atom. The van der Waals surface area contributed by atoms with E-state index in [2.05, 4.69) is 53.6 Å². The average Bonchev–Trinajstić information content (AvgIpc) is 2.54. The van der Waals surface area contributed by atoms with Gasteiger partial charge in [0.25, 0.3) is 0 Å². The number of rotatable bonds is 4. The smallest absolute Gasteiger partial charge is 0.160 e. The first-order chi connectivity index (χ1) is 8.18. The quantitative estimate of drug-likeness (QED) is 0.877. The maximum absolute atomic E-state index is 10.5. The summed E-state index contributed by atoms with van der Waals surface area (Å²) in [6, 6.07) is 0.334. The Balaban J connectivity index is 3.31. The molecule has 104 valence electrons. The Kier molecular flexibility index (Phi) is 4.46. The first kappa shape index (κ1) is 15.1. The van der Waals surface area contributed by atoms with Crippen molar-refractivity contribution in [2.75, 3.05) is 0 Å². The van der Waals surface area contributed by atoms with Crippen molar-refractivity contribution in [2.24, 2.45) is 5.92 Å². The summed E-state index contributed by atoms with van der Waals surface area (Å²) >= 11 is 0. The van der Waals surface area contributed by atoms with E-state index in [1.165, 1.54) is 0 Å². The average molecular weight is 252 g/mol. The zero-order valence-electron chi connectivity index (χ0n) is 12.9. The molecule has 1 unspecified atom stereocenters. The standard InChI is InChI=1S/C15H28N2O/c1-8-11(4)17-12(9-10(2)3)13(18)14(16-17)15(5,6)7/h10-11,18H,8-9H2,1-7H3. The predicted molar refractivity (Wildman–Crippen MR) is 76.1 cm³/mol. The lowest BCUT2D eigenvalue weighted by molar-refractivity contribution is 0.424. The van der Waals surface area contributed by atoms with Crippen LogP contribution in [0.1, 0.15) is 72.3 Å². The second-order valence-corrected chi connectivity index (χ2v) is 6.69. The van der Waals surface area contributed by atoms with Gasteiger partial charge in [0.1, 0.15) is 5.69 Å². The fourth-order valence-corrected chi connectivity index (χ4v) is 2.08. The summed E-state index contributed by atoms with van der Waals surface area (Å²) in [5.74, 6) is 0.916. The van der Waals surface area contributed by atoms with Gasteiger partial charge in [0, 0.05) is 11.5 Å². The monoisotopic (exact) mass is 252 g/mol. The van der Waals surface area contributed by atoms with Gasteiger partial charge in [0.15, 0.2) is 5.75 Å². The molecule has 1 aromatic rings. The van der Waals surface area contributed by atoms with E-state index in [-0.39, 0.29) is 5.41 Å². The Hall–Kier alpha value is -0.990. The number of aromatic nitrogens is 2. The van der Waals surface area contributed by atoms with Crippen LogP contribution in [0.25, 0.3) is 0 Å². The van der Waals surface area contributed by atoms with Gasteiger partial charge in [-0.1, -0.05) is 41.5 Å². The molecule has 0 radical (unpaired) electrons. The Morgan fingerprint density at radius 1 is 1.22 bits per heavy atom. The van der Waals surface area contributed by atoms with Gasteiger partial charge >= 0.3 is 0 Å². The van der Waals surface area contributed by atoms with Gasteiger partial charge < -0.3 is 5.11 Å². The topological polar surface area (TPSA) is 38.0 Å². The van der Waals surface area contributed by atoms with Crippen LogP contribution >= 0.6 is 0 Å². The van der Waals surface area contributed by atoms with Crippen molar-refractivity contribution < 1.29 is 5.11 Å². The lowest BCUT2D eigenvalue weighted by Gasteiger charge is -2.15. The maximum atomic E-state index is 10.5. The fraction of sp³-hybridized carbons (Fsp3) is 0.800. The first-order valence-corrected chi connectivity index (χ1v) is 6.99. The van der Waals surface area contributed by atoms with Crippen molar-refractivity contribution in [1.29, 1.82) is 0 Å². The minimum absolute atomic E-state index is 0.117. The molecular weight excluding hydrogens is 224 g/mol. The van der Waals surface area contributed by atoms with Crippen LogP contribution in [-0.2, 0) is 11.8 Å². The second kappa shape index (κ2) is 5.33. The van der Waals surface area contributed by atoms with Crippen LogP contribution < -0.4 is 0 Å². The molecule has 0 bridgehead atoms. The summed E-state index contributed by atoms with van der Waals surface area (Å²) in [6.07, 6.45) is 1.90. The minimum Gasteiger partial charge on any atom is -0.504 e. The molecule has 1 rings (SSSR count). The second-order valence-electron chi connectivity index (χ2n) is 6.69. The molecular formula is C15H28N2O. The van der Waals surface area contributed by atoms with Gasteiger partial charge in [0.05, 0.1) is 5.69 Å². The molecule has 0 saturated carbocycles. The zero-order chi connectivity index (χ0) is 14.1. The summed E-state index contributed by atoms with van der Waals surface area (Å²) in [5.41, 5.74) is 1.69. The zero-order valence-corrected chi connectivity index (χ0v) is 12.9. The van der Waals surface area contributed by atoms with Crippen LogP contribution in [0.15, 0.2) is 0 Å². The van der Waals surface area contributed by atoms with Crippen LogP contribution in [0.2, 0.25) is 0 Å². The number of aromatic hydroxyl groups is 1. The number of hydrogen-bond acceptors (Lipinski definition) is 2. The molecule has 1 N–H and O–H groups in total. The van der Waals surface area contributed by atoms with Gasteiger partial charge in [-0.15, -0.1) is 0 Å². The predicted octanol–water partition coefficient (Wildman–Crippen LogP) is 4.06. The fourth-order valence-electron chi connectivity index (χ4n) is 2.08. The molecule has 0 fully saturated rings. The summed E-state index contributed by atoms with van der Waals surface area (Å²) in [6.45, 7) is 14.9. The van der Waals surface area contributed by atoms with Crippen LogP contribution in [0, 0.1) is 5.92 Å². The first-order valence-electron chi connectivity index (χ1n) is 6.99. The molecule has 18 heavy (non-hydrogen) atoms. The molecule has 3 nitrogen and oxygen atoms in total. The van der Waals surface area contributed by atoms with E-state index in [9.17, 15) is 5.11 Å². The van der Waals surface area contributed by atoms with Crippen LogP contribution in [-0.4, -0.2) is 14.9 Å². The van der Waals surface area contributed by atoms with Crippen LogP contribution in [0.3, 0.4) is 0 Å². The lowest BCUT2D eigenvalue weighted by atomic mass is 9.91. The Labute approximate surface area is 111 Å². The molecule has 0 amide bonds. The van der Waals surface area contributed by atoms with E-state index in [0.717, 1.165) is 24.2 Å². The largest absolute Gasteiger partial charge is 0.504 e. The van der Waals surface area contributed by atoms with Gasteiger partial charge in [-0.25, -0.2) is 0 Å². The van der Waals surface area contributed by atoms with E-state index in [1.807, 2.05) is 4.68 Å².